The molecule has 2 heterocycles. The Balaban J connectivity index is 1.83. The molecule has 186 valence electrons. The second-order valence-corrected chi connectivity index (χ2v) is 8.25. The fourth-order valence-electron chi connectivity index (χ4n) is 3.40. The van der Waals surface area contributed by atoms with Gasteiger partial charge in [0.15, 0.2) is 5.69 Å². The van der Waals surface area contributed by atoms with Gasteiger partial charge in [0.25, 0.3) is 11.5 Å². The zero-order valence-electron chi connectivity index (χ0n) is 18.9. The summed E-state index contributed by atoms with van der Waals surface area (Å²) in [5.41, 5.74) is -1.72. The van der Waals surface area contributed by atoms with Crippen molar-refractivity contribution in [1.29, 1.82) is 0 Å². The van der Waals surface area contributed by atoms with E-state index < -0.39 is 29.2 Å². The summed E-state index contributed by atoms with van der Waals surface area (Å²) >= 11 is 0.934. The first-order valence-corrected chi connectivity index (χ1v) is 11.4. The number of aromatic nitrogens is 2. The van der Waals surface area contributed by atoms with Gasteiger partial charge >= 0.3 is 12.1 Å². The van der Waals surface area contributed by atoms with Crippen molar-refractivity contribution in [2.45, 2.75) is 13.1 Å². The van der Waals surface area contributed by atoms with Crippen LogP contribution in [0.25, 0.3) is 16.5 Å². The van der Waals surface area contributed by atoms with Gasteiger partial charge in [-0.3, -0.25) is 9.59 Å². The predicted octanol–water partition coefficient (Wildman–Crippen LogP) is 4.90. The Hall–Kier alpha value is -4.19. The zero-order valence-corrected chi connectivity index (χ0v) is 19.7. The van der Waals surface area contributed by atoms with Crippen LogP contribution in [0.15, 0.2) is 58.7 Å². The Morgan fingerprint density at radius 3 is 2.50 bits per heavy atom. The average molecular weight is 517 g/mol. The highest BCUT2D eigenvalue weighted by molar-refractivity contribution is 7.16. The largest absolute Gasteiger partial charge is 0.497 e. The number of thiophene rings is 1. The number of hydrogen-bond acceptors (Lipinski definition) is 7. The van der Waals surface area contributed by atoms with Crippen molar-refractivity contribution in [2.75, 3.05) is 19.0 Å². The molecule has 0 aliphatic heterocycles. The molecule has 12 heteroatoms. The van der Waals surface area contributed by atoms with Gasteiger partial charge in [-0.1, -0.05) is 6.07 Å². The SMILES string of the molecule is CCOC(=O)c1nn(-c2ccc(OC)cc2)c(=O)c2c(NC(=O)c3cccc(C(F)(F)F)c3)scc12. The van der Waals surface area contributed by atoms with Gasteiger partial charge in [-0.25, -0.2) is 4.79 Å². The molecule has 0 saturated heterocycles. The van der Waals surface area contributed by atoms with Crippen molar-refractivity contribution < 1.29 is 32.2 Å². The smallest absolute Gasteiger partial charge is 0.416 e. The zero-order chi connectivity index (χ0) is 26.0. The van der Waals surface area contributed by atoms with Crippen LogP contribution in [0.5, 0.6) is 5.75 Å². The van der Waals surface area contributed by atoms with E-state index in [-0.39, 0.29) is 33.6 Å². The van der Waals surface area contributed by atoms with Crippen molar-refractivity contribution in [3.63, 3.8) is 0 Å². The van der Waals surface area contributed by atoms with Crippen LogP contribution in [0.4, 0.5) is 18.2 Å². The summed E-state index contributed by atoms with van der Waals surface area (Å²) in [7, 11) is 1.48. The lowest BCUT2D eigenvalue weighted by Gasteiger charge is -2.11. The molecule has 2 aromatic carbocycles. The number of amides is 1. The van der Waals surface area contributed by atoms with Gasteiger partial charge < -0.3 is 14.8 Å². The molecule has 0 fully saturated rings. The molecule has 0 atom stereocenters. The lowest BCUT2D eigenvalue weighted by molar-refractivity contribution is -0.137. The first kappa shape index (κ1) is 24.9. The van der Waals surface area contributed by atoms with Gasteiger partial charge in [0.2, 0.25) is 0 Å². The lowest BCUT2D eigenvalue weighted by atomic mass is 10.1. The number of anilines is 1. The highest BCUT2D eigenvalue weighted by Crippen LogP contribution is 2.32. The van der Waals surface area contributed by atoms with Crippen LogP contribution in [0, 0.1) is 0 Å². The molecule has 4 aromatic rings. The quantitative estimate of drug-likeness (QED) is 0.365. The Labute approximate surface area is 205 Å². The van der Waals surface area contributed by atoms with Gasteiger partial charge in [-0.05, 0) is 49.4 Å². The van der Waals surface area contributed by atoms with Crippen LogP contribution in [0.1, 0.15) is 33.3 Å². The van der Waals surface area contributed by atoms with Gasteiger partial charge in [-0.2, -0.15) is 23.0 Å². The molecule has 4 rings (SSSR count). The molecule has 36 heavy (non-hydrogen) atoms. The average Bonchev–Trinajstić information content (AvgIpc) is 3.28. The summed E-state index contributed by atoms with van der Waals surface area (Å²) in [6.45, 7) is 1.68. The Morgan fingerprint density at radius 2 is 1.86 bits per heavy atom. The van der Waals surface area contributed by atoms with Crippen LogP contribution in [-0.2, 0) is 10.9 Å². The fraction of sp³-hybridized carbons (Fsp3) is 0.167. The van der Waals surface area contributed by atoms with Crippen LogP contribution < -0.4 is 15.6 Å². The molecule has 0 bridgehead atoms. The van der Waals surface area contributed by atoms with E-state index in [1.807, 2.05) is 0 Å². The first-order valence-electron chi connectivity index (χ1n) is 10.5. The second kappa shape index (κ2) is 9.82. The molecule has 1 amide bonds. The summed E-state index contributed by atoms with van der Waals surface area (Å²) in [5, 5.41) is 8.30. The molecule has 8 nitrogen and oxygen atoms in total. The number of alkyl halides is 3. The Kier molecular flexibility index (Phi) is 6.80. The summed E-state index contributed by atoms with van der Waals surface area (Å²) in [6.07, 6.45) is -4.63. The number of esters is 1. The number of halogens is 3. The highest BCUT2D eigenvalue weighted by atomic mass is 32.1. The number of benzene rings is 2. The molecule has 0 unspecified atom stereocenters. The number of ether oxygens (including phenoxy) is 2. The molecular formula is C24H18F3N3O5S. The molecule has 0 aliphatic rings. The standard InChI is InChI=1S/C24H18F3N3O5S/c1-3-35-23(33)19-17-12-36-21(28-20(31)13-5-4-6-14(11-13)24(25,26)27)18(17)22(32)30(29-19)15-7-9-16(34-2)10-8-15/h4-12H,3H2,1-2H3,(H,28,31). The molecule has 0 aliphatic carbocycles. The minimum atomic E-state index is -4.63. The van der Waals surface area contributed by atoms with E-state index in [1.165, 1.54) is 18.6 Å². The van der Waals surface area contributed by atoms with Crippen molar-refractivity contribution in [1.82, 2.24) is 9.78 Å². The Morgan fingerprint density at radius 1 is 1.14 bits per heavy atom. The third-order valence-corrected chi connectivity index (χ3v) is 6.01. The molecule has 0 spiro atoms. The number of fused-ring (bicyclic) bond motifs is 1. The fourth-order valence-corrected chi connectivity index (χ4v) is 4.33. The van der Waals surface area contributed by atoms with Crippen molar-refractivity contribution >= 4 is 39.0 Å². The minimum Gasteiger partial charge on any atom is -0.497 e. The monoisotopic (exact) mass is 517 g/mol. The molecule has 1 N–H and O–H groups in total. The third-order valence-electron chi connectivity index (χ3n) is 5.12. The van der Waals surface area contributed by atoms with E-state index in [4.69, 9.17) is 9.47 Å². The Bertz CT molecular complexity index is 1510. The van der Waals surface area contributed by atoms with Gasteiger partial charge in [0.1, 0.15) is 10.8 Å². The van der Waals surface area contributed by atoms with Crippen LogP contribution in [-0.4, -0.2) is 35.4 Å². The summed E-state index contributed by atoms with van der Waals surface area (Å²) in [5.74, 6) is -1.10. The van der Waals surface area contributed by atoms with Crippen LogP contribution >= 0.6 is 11.3 Å². The maximum Gasteiger partial charge on any atom is 0.416 e. The number of carbonyl (C=O) groups is 2. The summed E-state index contributed by atoms with van der Waals surface area (Å²) in [6, 6.07) is 10.2. The third kappa shape index (κ3) is 4.80. The number of carbonyl (C=O) groups excluding carboxylic acids is 2. The van der Waals surface area contributed by atoms with Crippen molar-refractivity contribution in [3.05, 3.63) is 81.1 Å². The number of rotatable bonds is 6. The van der Waals surface area contributed by atoms with Crippen molar-refractivity contribution in [2.24, 2.45) is 0 Å². The van der Waals surface area contributed by atoms with E-state index in [0.717, 1.165) is 28.2 Å². The van der Waals surface area contributed by atoms with E-state index >= 15 is 0 Å². The van der Waals surface area contributed by atoms with Crippen LogP contribution in [0.2, 0.25) is 0 Å². The van der Waals surface area contributed by atoms with E-state index in [2.05, 4.69) is 10.4 Å². The van der Waals surface area contributed by atoms with E-state index in [9.17, 15) is 27.6 Å². The van der Waals surface area contributed by atoms with Crippen LogP contribution in [0.3, 0.4) is 0 Å². The van der Waals surface area contributed by atoms with Gasteiger partial charge in [0, 0.05) is 16.3 Å². The minimum absolute atomic E-state index is 0.0332. The topological polar surface area (TPSA) is 99.5 Å². The number of nitrogens with one attached hydrogen (secondary N) is 1. The highest BCUT2D eigenvalue weighted by Gasteiger charge is 2.31. The maximum atomic E-state index is 13.4. The molecule has 0 saturated carbocycles. The maximum absolute atomic E-state index is 13.4. The lowest BCUT2D eigenvalue weighted by Crippen LogP contribution is -2.25. The van der Waals surface area contributed by atoms with E-state index in [1.54, 1.807) is 31.2 Å². The number of nitrogens with zero attached hydrogens (tertiary/aromatic N) is 2. The molecule has 2 aromatic heterocycles. The van der Waals surface area contributed by atoms with Gasteiger partial charge in [-0.15, -0.1) is 11.3 Å². The van der Waals surface area contributed by atoms with E-state index in [0.29, 0.717) is 17.5 Å². The van der Waals surface area contributed by atoms with Crippen molar-refractivity contribution in [3.8, 4) is 11.4 Å². The summed E-state index contributed by atoms with van der Waals surface area (Å²) in [4.78, 5) is 38.8. The van der Waals surface area contributed by atoms with Gasteiger partial charge in [0.05, 0.1) is 30.4 Å². The second-order valence-electron chi connectivity index (χ2n) is 7.37. The number of hydrogen-bond donors (Lipinski definition) is 1. The normalized spacial score (nSPS) is 11.4. The number of methoxy groups -OCH3 is 1. The predicted molar refractivity (Wildman–Crippen MR) is 127 cm³/mol. The molecule has 0 radical (unpaired) electrons. The molecular weight excluding hydrogens is 499 g/mol. The summed E-state index contributed by atoms with van der Waals surface area (Å²) < 4.78 is 50.4. The first-order chi connectivity index (χ1) is 17.1.